The zero-order chi connectivity index (χ0) is 15.0. The van der Waals surface area contributed by atoms with Gasteiger partial charge < -0.3 is 4.74 Å². The maximum Gasteiger partial charge on any atom is 0.136 e. The number of Topliss-reactive ketones (excluding diaryl/α,β-unsaturated/α-hetero) is 1. The van der Waals surface area contributed by atoms with Gasteiger partial charge in [-0.1, -0.05) is 13.8 Å². The Balaban J connectivity index is 1.63. The second-order valence-corrected chi connectivity index (χ2v) is 6.87. The van der Waals surface area contributed by atoms with Gasteiger partial charge in [0.25, 0.3) is 0 Å². The van der Waals surface area contributed by atoms with Crippen LogP contribution in [0.4, 0.5) is 4.39 Å². The standard InChI is InChI=1S/C18H23FO2/c1-11(2)12-3-5-17(20)13(7-12)9-16-10-14-8-15(19)4-6-18(14)21-16/h4,6,8,11-13,16H,3,5,7,9-10H2,1-2H3. The van der Waals surface area contributed by atoms with Crippen molar-refractivity contribution in [3.8, 4) is 5.75 Å². The summed E-state index contributed by atoms with van der Waals surface area (Å²) in [5.74, 6) is 2.36. The second-order valence-electron chi connectivity index (χ2n) is 6.87. The first kappa shape index (κ1) is 14.6. The highest BCUT2D eigenvalue weighted by Gasteiger charge is 2.34. The number of benzene rings is 1. The number of carbonyl (C=O) groups excluding carboxylic acids is 1. The third-order valence-electron chi connectivity index (χ3n) is 5.06. The fraction of sp³-hybridized carbons (Fsp3) is 0.611. The molecule has 0 N–H and O–H groups in total. The summed E-state index contributed by atoms with van der Waals surface area (Å²) >= 11 is 0. The topological polar surface area (TPSA) is 26.3 Å². The summed E-state index contributed by atoms with van der Waals surface area (Å²) in [5, 5.41) is 0. The number of hydrogen-bond acceptors (Lipinski definition) is 2. The summed E-state index contributed by atoms with van der Waals surface area (Å²) in [7, 11) is 0. The molecule has 1 saturated carbocycles. The maximum absolute atomic E-state index is 13.2. The van der Waals surface area contributed by atoms with Crippen LogP contribution in [0.2, 0.25) is 0 Å². The first-order chi connectivity index (χ1) is 10.0. The van der Waals surface area contributed by atoms with Crippen molar-refractivity contribution in [1.29, 1.82) is 0 Å². The second kappa shape index (κ2) is 5.78. The van der Waals surface area contributed by atoms with Crippen LogP contribution in [-0.2, 0) is 11.2 Å². The van der Waals surface area contributed by atoms with Crippen LogP contribution in [0.1, 0.15) is 45.1 Å². The minimum atomic E-state index is -0.216. The normalized spacial score (nSPS) is 28.6. The molecule has 1 fully saturated rings. The molecule has 0 radical (unpaired) electrons. The van der Waals surface area contributed by atoms with Crippen molar-refractivity contribution in [2.45, 2.75) is 52.1 Å². The van der Waals surface area contributed by atoms with Crippen LogP contribution in [0.5, 0.6) is 5.75 Å². The lowest BCUT2D eigenvalue weighted by molar-refractivity contribution is -0.126. The van der Waals surface area contributed by atoms with E-state index >= 15 is 0 Å². The molecule has 3 atom stereocenters. The quantitative estimate of drug-likeness (QED) is 0.835. The van der Waals surface area contributed by atoms with Crippen molar-refractivity contribution >= 4 is 5.78 Å². The van der Waals surface area contributed by atoms with Gasteiger partial charge in [0.1, 0.15) is 23.5 Å². The molecule has 1 aromatic carbocycles. The molecule has 21 heavy (non-hydrogen) atoms. The number of rotatable bonds is 3. The lowest BCUT2D eigenvalue weighted by atomic mass is 9.73. The van der Waals surface area contributed by atoms with Crippen LogP contribution < -0.4 is 4.74 Å². The highest BCUT2D eigenvalue weighted by Crippen LogP contribution is 2.37. The number of ketones is 1. The van der Waals surface area contributed by atoms with Crippen LogP contribution >= 0.6 is 0 Å². The van der Waals surface area contributed by atoms with Crippen molar-refractivity contribution < 1.29 is 13.9 Å². The number of hydrogen-bond donors (Lipinski definition) is 0. The van der Waals surface area contributed by atoms with E-state index < -0.39 is 0 Å². The number of ether oxygens (including phenoxy) is 1. The molecule has 114 valence electrons. The van der Waals surface area contributed by atoms with E-state index in [1.54, 1.807) is 12.1 Å². The minimum Gasteiger partial charge on any atom is -0.490 e. The van der Waals surface area contributed by atoms with Crippen LogP contribution in [0, 0.1) is 23.6 Å². The summed E-state index contributed by atoms with van der Waals surface area (Å²) in [4.78, 5) is 12.2. The van der Waals surface area contributed by atoms with Gasteiger partial charge in [-0.25, -0.2) is 4.39 Å². The number of halogens is 1. The first-order valence-electron chi connectivity index (χ1n) is 8.00. The van der Waals surface area contributed by atoms with E-state index in [0.29, 0.717) is 24.0 Å². The molecular weight excluding hydrogens is 267 g/mol. The van der Waals surface area contributed by atoms with Crippen LogP contribution in [0.15, 0.2) is 18.2 Å². The van der Waals surface area contributed by atoms with Crippen molar-refractivity contribution in [2.75, 3.05) is 0 Å². The van der Waals surface area contributed by atoms with E-state index in [1.165, 1.54) is 6.07 Å². The van der Waals surface area contributed by atoms with Crippen LogP contribution in [-0.4, -0.2) is 11.9 Å². The highest BCUT2D eigenvalue weighted by molar-refractivity contribution is 5.81. The van der Waals surface area contributed by atoms with Crippen molar-refractivity contribution in [3.05, 3.63) is 29.6 Å². The molecule has 2 aliphatic rings. The smallest absolute Gasteiger partial charge is 0.136 e. The maximum atomic E-state index is 13.2. The Morgan fingerprint density at radius 1 is 1.38 bits per heavy atom. The number of fused-ring (bicyclic) bond motifs is 1. The molecule has 3 unspecified atom stereocenters. The summed E-state index contributed by atoms with van der Waals surface area (Å²) in [6.07, 6.45) is 4.26. The fourth-order valence-electron chi connectivity index (χ4n) is 3.72. The first-order valence-corrected chi connectivity index (χ1v) is 8.00. The summed E-state index contributed by atoms with van der Waals surface area (Å²) in [5.41, 5.74) is 0.934. The lowest BCUT2D eigenvalue weighted by Crippen LogP contribution is -2.31. The Kier molecular flexibility index (Phi) is 4.01. The molecule has 2 nitrogen and oxygen atoms in total. The Bertz CT molecular complexity index is 538. The largest absolute Gasteiger partial charge is 0.490 e. The van der Waals surface area contributed by atoms with Gasteiger partial charge in [0, 0.05) is 24.3 Å². The molecule has 0 saturated heterocycles. The summed E-state index contributed by atoms with van der Waals surface area (Å²) in [6.45, 7) is 4.48. The van der Waals surface area contributed by atoms with Crippen LogP contribution in [0.25, 0.3) is 0 Å². The molecule has 1 aliphatic heterocycles. The Labute approximate surface area is 125 Å². The van der Waals surface area contributed by atoms with Gasteiger partial charge in [-0.2, -0.15) is 0 Å². The van der Waals surface area contributed by atoms with Gasteiger partial charge >= 0.3 is 0 Å². The Hall–Kier alpha value is -1.38. The zero-order valence-electron chi connectivity index (χ0n) is 12.8. The Morgan fingerprint density at radius 2 is 2.19 bits per heavy atom. The summed E-state index contributed by atoms with van der Waals surface area (Å²) in [6, 6.07) is 4.68. The van der Waals surface area contributed by atoms with E-state index in [1.807, 2.05) is 0 Å². The van der Waals surface area contributed by atoms with Gasteiger partial charge in [-0.3, -0.25) is 4.79 Å². The van der Waals surface area contributed by atoms with E-state index in [4.69, 9.17) is 4.74 Å². The van der Waals surface area contributed by atoms with E-state index in [0.717, 1.165) is 37.0 Å². The number of carbonyl (C=O) groups is 1. The molecule has 0 spiro atoms. The summed E-state index contributed by atoms with van der Waals surface area (Å²) < 4.78 is 19.1. The molecule has 0 aromatic heterocycles. The van der Waals surface area contributed by atoms with Crippen molar-refractivity contribution in [2.24, 2.45) is 17.8 Å². The molecule has 3 heteroatoms. The van der Waals surface area contributed by atoms with Gasteiger partial charge in [0.2, 0.25) is 0 Å². The molecule has 1 aliphatic carbocycles. The molecule has 1 heterocycles. The predicted molar refractivity (Wildman–Crippen MR) is 79.8 cm³/mol. The van der Waals surface area contributed by atoms with E-state index in [2.05, 4.69) is 13.8 Å². The third-order valence-corrected chi connectivity index (χ3v) is 5.06. The molecule has 1 aromatic rings. The molecular formula is C18H23FO2. The van der Waals surface area contributed by atoms with E-state index in [9.17, 15) is 9.18 Å². The van der Waals surface area contributed by atoms with Gasteiger partial charge in [-0.15, -0.1) is 0 Å². The van der Waals surface area contributed by atoms with Crippen molar-refractivity contribution in [1.82, 2.24) is 0 Å². The SMILES string of the molecule is CC(C)C1CCC(=O)C(CC2Cc3cc(F)ccc3O2)C1. The van der Waals surface area contributed by atoms with E-state index in [-0.39, 0.29) is 17.8 Å². The zero-order valence-corrected chi connectivity index (χ0v) is 12.8. The van der Waals surface area contributed by atoms with Gasteiger partial charge in [0.15, 0.2) is 0 Å². The third kappa shape index (κ3) is 3.12. The van der Waals surface area contributed by atoms with Crippen LogP contribution in [0.3, 0.4) is 0 Å². The van der Waals surface area contributed by atoms with Gasteiger partial charge in [-0.05, 0) is 49.3 Å². The minimum absolute atomic E-state index is 0.0293. The van der Waals surface area contributed by atoms with Crippen molar-refractivity contribution in [3.63, 3.8) is 0 Å². The fourth-order valence-corrected chi connectivity index (χ4v) is 3.72. The average Bonchev–Trinajstić information content (AvgIpc) is 2.82. The monoisotopic (exact) mass is 290 g/mol. The van der Waals surface area contributed by atoms with Gasteiger partial charge in [0.05, 0.1) is 0 Å². The Morgan fingerprint density at radius 3 is 2.95 bits per heavy atom. The lowest BCUT2D eigenvalue weighted by Gasteiger charge is -2.31. The average molecular weight is 290 g/mol. The molecule has 0 bridgehead atoms. The highest BCUT2D eigenvalue weighted by atomic mass is 19.1. The predicted octanol–water partition coefficient (Wildman–Crippen LogP) is 4.16. The molecule has 3 rings (SSSR count). The molecule has 0 amide bonds.